The summed E-state index contributed by atoms with van der Waals surface area (Å²) < 4.78 is 0. The van der Waals surface area contributed by atoms with Gasteiger partial charge in [0.25, 0.3) is 5.91 Å². The molecule has 0 aliphatic heterocycles. The zero-order valence-corrected chi connectivity index (χ0v) is 16.9. The Morgan fingerprint density at radius 1 is 0.871 bits per heavy atom. The van der Waals surface area contributed by atoms with Crippen LogP contribution in [0.25, 0.3) is 21.8 Å². The van der Waals surface area contributed by atoms with Gasteiger partial charge in [-0.2, -0.15) is 0 Å². The second-order valence-electron chi connectivity index (χ2n) is 7.42. The zero-order chi connectivity index (χ0) is 21.0. The first kappa shape index (κ1) is 18.9. The van der Waals surface area contributed by atoms with Gasteiger partial charge in [-0.05, 0) is 42.3 Å². The number of benzene rings is 3. The van der Waals surface area contributed by atoms with E-state index in [2.05, 4.69) is 32.7 Å². The van der Waals surface area contributed by atoms with Crippen molar-refractivity contribution in [2.75, 3.05) is 11.9 Å². The average molecular weight is 406 g/mol. The molecular formula is C26H22N4O. The molecule has 0 saturated carbocycles. The summed E-state index contributed by atoms with van der Waals surface area (Å²) in [6.07, 6.45) is 4.55. The van der Waals surface area contributed by atoms with Crippen LogP contribution in [-0.4, -0.2) is 22.4 Å². The van der Waals surface area contributed by atoms with Gasteiger partial charge in [-0.25, -0.2) is 0 Å². The number of anilines is 2. The van der Waals surface area contributed by atoms with Gasteiger partial charge in [0.1, 0.15) is 0 Å². The van der Waals surface area contributed by atoms with Gasteiger partial charge in [0.05, 0.1) is 22.5 Å². The quantitative estimate of drug-likeness (QED) is 0.352. The molecule has 3 N–H and O–H groups in total. The van der Waals surface area contributed by atoms with Crippen LogP contribution in [0.3, 0.4) is 0 Å². The van der Waals surface area contributed by atoms with Gasteiger partial charge < -0.3 is 15.6 Å². The number of carbonyl (C=O) groups is 1. The molecule has 3 aromatic carbocycles. The van der Waals surface area contributed by atoms with Crippen molar-refractivity contribution in [3.8, 4) is 0 Å². The number of aromatic nitrogens is 2. The van der Waals surface area contributed by atoms with Gasteiger partial charge in [0, 0.05) is 35.2 Å². The largest absolute Gasteiger partial charge is 0.361 e. The van der Waals surface area contributed by atoms with Crippen LogP contribution in [0.2, 0.25) is 0 Å². The van der Waals surface area contributed by atoms with Crippen LogP contribution in [0, 0.1) is 0 Å². The Kier molecular flexibility index (Phi) is 5.07. The summed E-state index contributed by atoms with van der Waals surface area (Å²) >= 11 is 0. The Morgan fingerprint density at radius 3 is 2.65 bits per heavy atom. The number of amides is 1. The van der Waals surface area contributed by atoms with Crippen LogP contribution in [-0.2, 0) is 6.42 Å². The molecule has 5 heteroatoms. The summed E-state index contributed by atoms with van der Waals surface area (Å²) in [4.78, 5) is 20.7. The van der Waals surface area contributed by atoms with Crippen LogP contribution in [0.4, 0.5) is 11.4 Å². The minimum Gasteiger partial charge on any atom is -0.361 e. The van der Waals surface area contributed by atoms with Gasteiger partial charge in [0.2, 0.25) is 0 Å². The minimum absolute atomic E-state index is 0.101. The first-order chi connectivity index (χ1) is 15.3. The number of hydrogen-bond donors (Lipinski definition) is 3. The summed E-state index contributed by atoms with van der Waals surface area (Å²) in [7, 11) is 0. The van der Waals surface area contributed by atoms with Crippen molar-refractivity contribution in [1.29, 1.82) is 0 Å². The van der Waals surface area contributed by atoms with E-state index in [1.165, 1.54) is 10.9 Å². The predicted molar refractivity (Wildman–Crippen MR) is 126 cm³/mol. The summed E-state index contributed by atoms with van der Waals surface area (Å²) in [5, 5.41) is 8.70. The molecule has 0 bridgehead atoms. The maximum absolute atomic E-state index is 12.9. The number of para-hydroxylation sites is 3. The molecule has 0 unspecified atom stereocenters. The fourth-order valence-electron chi connectivity index (χ4n) is 3.88. The zero-order valence-electron chi connectivity index (χ0n) is 16.9. The van der Waals surface area contributed by atoms with E-state index in [1.54, 1.807) is 6.20 Å². The van der Waals surface area contributed by atoms with Crippen molar-refractivity contribution < 1.29 is 4.79 Å². The molecule has 2 aromatic heterocycles. The van der Waals surface area contributed by atoms with E-state index in [1.807, 2.05) is 72.9 Å². The lowest BCUT2D eigenvalue weighted by Crippen LogP contribution is -2.26. The normalized spacial score (nSPS) is 11.0. The molecule has 31 heavy (non-hydrogen) atoms. The smallest absolute Gasteiger partial charge is 0.253 e. The molecule has 0 aliphatic rings. The van der Waals surface area contributed by atoms with Crippen molar-refractivity contribution in [2.45, 2.75) is 6.42 Å². The van der Waals surface area contributed by atoms with Gasteiger partial charge in [-0.15, -0.1) is 0 Å². The van der Waals surface area contributed by atoms with Crippen LogP contribution in [0.15, 0.2) is 91.3 Å². The number of carbonyl (C=O) groups excluding carboxylic acids is 1. The van der Waals surface area contributed by atoms with E-state index in [9.17, 15) is 4.79 Å². The summed E-state index contributed by atoms with van der Waals surface area (Å²) in [6, 6.07) is 25.7. The molecular weight excluding hydrogens is 384 g/mol. The monoisotopic (exact) mass is 406 g/mol. The standard InChI is InChI=1S/C26H22N4O/c31-26(28-16-14-19-17-29-22-11-3-1-9-20(19)22)21-10-2-4-12-23(21)30-24-13-5-7-18-8-6-15-27-25(18)24/h1-13,15,17,29-30H,14,16H2,(H,28,31). The fraction of sp³-hybridized carbons (Fsp3) is 0.0769. The van der Waals surface area contributed by atoms with Gasteiger partial charge >= 0.3 is 0 Å². The highest BCUT2D eigenvalue weighted by Gasteiger charge is 2.12. The van der Waals surface area contributed by atoms with Crippen LogP contribution >= 0.6 is 0 Å². The van der Waals surface area contributed by atoms with Gasteiger partial charge in [-0.3, -0.25) is 9.78 Å². The first-order valence-corrected chi connectivity index (χ1v) is 10.3. The molecule has 5 aromatic rings. The number of hydrogen-bond acceptors (Lipinski definition) is 3. The third-order valence-electron chi connectivity index (χ3n) is 5.43. The Bertz CT molecular complexity index is 1370. The van der Waals surface area contributed by atoms with E-state index in [0.29, 0.717) is 12.1 Å². The Labute approximate surface area is 180 Å². The second kappa shape index (κ2) is 8.32. The number of pyridine rings is 1. The first-order valence-electron chi connectivity index (χ1n) is 10.3. The molecule has 5 rings (SSSR count). The highest BCUT2D eigenvalue weighted by Crippen LogP contribution is 2.26. The highest BCUT2D eigenvalue weighted by molar-refractivity contribution is 6.01. The third kappa shape index (κ3) is 3.85. The van der Waals surface area contributed by atoms with Gasteiger partial charge in [-0.1, -0.05) is 48.5 Å². The lowest BCUT2D eigenvalue weighted by atomic mass is 10.1. The Morgan fingerprint density at radius 2 is 1.68 bits per heavy atom. The van der Waals surface area contributed by atoms with Crippen molar-refractivity contribution >= 4 is 39.1 Å². The topological polar surface area (TPSA) is 69.8 Å². The van der Waals surface area contributed by atoms with E-state index in [4.69, 9.17) is 0 Å². The van der Waals surface area contributed by atoms with Crippen molar-refractivity contribution in [1.82, 2.24) is 15.3 Å². The van der Waals surface area contributed by atoms with Crippen molar-refractivity contribution in [3.63, 3.8) is 0 Å². The van der Waals surface area contributed by atoms with Crippen LogP contribution in [0.1, 0.15) is 15.9 Å². The number of rotatable bonds is 6. The molecule has 0 spiro atoms. The third-order valence-corrected chi connectivity index (χ3v) is 5.43. The summed E-state index contributed by atoms with van der Waals surface area (Å²) in [5.41, 5.74) is 5.42. The molecule has 0 radical (unpaired) electrons. The molecule has 0 saturated heterocycles. The van der Waals surface area contributed by atoms with Crippen LogP contribution in [0.5, 0.6) is 0 Å². The number of nitrogens with one attached hydrogen (secondary N) is 3. The summed E-state index contributed by atoms with van der Waals surface area (Å²) in [6.45, 7) is 0.560. The predicted octanol–water partition coefficient (Wildman–Crippen LogP) is 5.43. The lowest BCUT2D eigenvalue weighted by Gasteiger charge is -2.13. The maximum Gasteiger partial charge on any atom is 0.253 e. The molecule has 1 amide bonds. The number of H-pyrrole nitrogens is 1. The fourth-order valence-corrected chi connectivity index (χ4v) is 3.88. The van der Waals surface area contributed by atoms with E-state index in [0.717, 1.165) is 34.2 Å². The SMILES string of the molecule is O=C(NCCc1c[nH]c2ccccc12)c1ccccc1Nc1cccc2cccnc12. The number of nitrogens with zero attached hydrogens (tertiary/aromatic N) is 1. The Hall–Kier alpha value is -4.12. The molecule has 0 aliphatic carbocycles. The van der Waals surface area contributed by atoms with Crippen LogP contribution < -0.4 is 10.6 Å². The van der Waals surface area contributed by atoms with Crippen molar-refractivity contribution in [3.05, 3.63) is 102 Å². The molecule has 0 atom stereocenters. The second-order valence-corrected chi connectivity index (χ2v) is 7.42. The average Bonchev–Trinajstić information content (AvgIpc) is 3.23. The Balaban J connectivity index is 1.32. The molecule has 152 valence electrons. The maximum atomic E-state index is 12.9. The van der Waals surface area contributed by atoms with E-state index < -0.39 is 0 Å². The van der Waals surface area contributed by atoms with Crippen molar-refractivity contribution in [2.24, 2.45) is 0 Å². The summed E-state index contributed by atoms with van der Waals surface area (Å²) in [5.74, 6) is -0.101. The van der Waals surface area contributed by atoms with E-state index in [-0.39, 0.29) is 5.91 Å². The number of fused-ring (bicyclic) bond motifs is 2. The van der Waals surface area contributed by atoms with Gasteiger partial charge in [0.15, 0.2) is 0 Å². The lowest BCUT2D eigenvalue weighted by molar-refractivity contribution is 0.0955. The minimum atomic E-state index is -0.101. The van der Waals surface area contributed by atoms with E-state index >= 15 is 0 Å². The molecule has 5 nitrogen and oxygen atoms in total. The molecule has 2 heterocycles. The molecule has 0 fully saturated rings. The number of aromatic amines is 1. The highest BCUT2D eigenvalue weighted by atomic mass is 16.1.